The van der Waals surface area contributed by atoms with E-state index in [9.17, 15) is 9.59 Å². The van der Waals surface area contributed by atoms with E-state index in [0.717, 1.165) is 22.4 Å². The van der Waals surface area contributed by atoms with Crippen LogP contribution in [0.15, 0.2) is 29.2 Å². The summed E-state index contributed by atoms with van der Waals surface area (Å²) in [4.78, 5) is 26.6. The average Bonchev–Trinajstić information content (AvgIpc) is 2.97. The lowest BCUT2D eigenvalue weighted by molar-refractivity contribution is -0.118. The zero-order chi connectivity index (χ0) is 16.1. The molecular formula is C18H22N2O2S. The van der Waals surface area contributed by atoms with E-state index in [1.165, 1.54) is 31.0 Å². The maximum Gasteiger partial charge on any atom is 0.285 e. The molecule has 1 aromatic rings. The summed E-state index contributed by atoms with van der Waals surface area (Å²) in [5.74, 6) is 3.42. The Balaban J connectivity index is 1.35. The summed E-state index contributed by atoms with van der Waals surface area (Å²) in [5, 5.41) is 3.06. The number of hydrogen-bond acceptors (Lipinski definition) is 3. The van der Waals surface area contributed by atoms with Crippen molar-refractivity contribution in [3.63, 3.8) is 0 Å². The third-order valence-electron chi connectivity index (χ3n) is 5.73. The Morgan fingerprint density at radius 1 is 1.09 bits per heavy atom. The SMILES string of the molecule is CN(C)C(=O)Sc1ccc(NC(=O)C2[C@@H]3[C@H]4CC[C@@H](C4)[C@H]23)cc1. The molecule has 0 aromatic heterocycles. The summed E-state index contributed by atoms with van der Waals surface area (Å²) in [6.45, 7) is 0. The molecule has 3 saturated carbocycles. The molecule has 0 saturated heterocycles. The monoisotopic (exact) mass is 330 g/mol. The van der Waals surface area contributed by atoms with E-state index in [2.05, 4.69) is 5.32 Å². The molecule has 5 atom stereocenters. The predicted octanol–water partition coefficient (Wildman–Crippen LogP) is 3.69. The van der Waals surface area contributed by atoms with Gasteiger partial charge in [0.15, 0.2) is 0 Å². The van der Waals surface area contributed by atoms with Gasteiger partial charge in [-0.1, -0.05) is 0 Å². The molecule has 0 radical (unpaired) electrons. The van der Waals surface area contributed by atoms with Crippen LogP contribution >= 0.6 is 11.8 Å². The number of fused-ring (bicyclic) bond motifs is 5. The number of carbonyl (C=O) groups is 2. The Morgan fingerprint density at radius 3 is 2.26 bits per heavy atom. The fourth-order valence-corrected chi connectivity index (χ4v) is 5.36. The number of thioether (sulfide) groups is 1. The second-order valence-corrected chi connectivity index (χ2v) is 8.31. The van der Waals surface area contributed by atoms with Crippen molar-refractivity contribution in [3.05, 3.63) is 24.3 Å². The van der Waals surface area contributed by atoms with E-state index in [0.29, 0.717) is 11.8 Å². The topological polar surface area (TPSA) is 49.4 Å². The Kier molecular flexibility index (Phi) is 3.63. The highest BCUT2D eigenvalue weighted by Crippen LogP contribution is 2.69. The van der Waals surface area contributed by atoms with Crippen molar-refractivity contribution in [2.75, 3.05) is 19.4 Å². The van der Waals surface area contributed by atoms with Gasteiger partial charge >= 0.3 is 0 Å². The van der Waals surface area contributed by atoms with Gasteiger partial charge in [0.2, 0.25) is 5.91 Å². The molecule has 2 amide bonds. The predicted molar refractivity (Wildman–Crippen MR) is 91.3 cm³/mol. The standard InChI is InChI=1S/C18H22N2O2S/c1-20(2)18(22)23-13-7-5-12(6-8-13)19-17(21)16-14-10-3-4-11(9-10)15(14)16/h5-8,10-11,14-16H,3-4,9H2,1-2H3,(H,19,21)/t10-,11-,14-,15+,16?/m0/s1. The molecule has 0 heterocycles. The molecule has 5 heteroatoms. The van der Waals surface area contributed by atoms with Crippen LogP contribution in [0, 0.1) is 29.6 Å². The summed E-state index contributed by atoms with van der Waals surface area (Å²) < 4.78 is 0. The third-order valence-corrected chi connectivity index (χ3v) is 6.78. The third kappa shape index (κ3) is 2.65. The first-order chi connectivity index (χ1) is 11.0. The van der Waals surface area contributed by atoms with Crippen LogP contribution in [0.2, 0.25) is 0 Å². The van der Waals surface area contributed by atoms with Crippen LogP contribution < -0.4 is 5.32 Å². The fraction of sp³-hybridized carbons (Fsp3) is 0.556. The molecule has 1 N–H and O–H groups in total. The maximum atomic E-state index is 12.5. The van der Waals surface area contributed by atoms with Gasteiger partial charge in [-0.2, -0.15) is 0 Å². The van der Waals surface area contributed by atoms with E-state index in [4.69, 9.17) is 0 Å². The average molecular weight is 330 g/mol. The first kappa shape index (κ1) is 15.1. The number of nitrogens with one attached hydrogen (secondary N) is 1. The van der Waals surface area contributed by atoms with Gasteiger partial charge in [0.05, 0.1) is 0 Å². The van der Waals surface area contributed by atoms with Gasteiger partial charge in [0.1, 0.15) is 0 Å². The summed E-state index contributed by atoms with van der Waals surface area (Å²) in [6, 6.07) is 7.55. The first-order valence-electron chi connectivity index (χ1n) is 8.34. The second-order valence-electron chi connectivity index (χ2n) is 7.29. The minimum Gasteiger partial charge on any atom is -0.339 e. The van der Waals surface area contributed by atoms with Crippen molar-refractivity contribution in [3.8, 4) is 0 Å². The van der Waals surface area contributed by atoms with Crippen molar-refractivity contribution in [1.29, 1.82) is 0 Å². The minimum atomic E-state index is 0.00284. The van der Waals surface area contributed by atoms with Crippen molar-refractivity contribution >= 4 is 28.6 Å². The van der Waals surface area contributed by atoms with Crippen LogP contribution in [0.4, 0.5) is 10.5 Å². The molecule has 0 aliphatic heterocycles. The molecule has 2 bridgehead atoms. The summed E-state index contributed by atoms with van der Waals surface area (Å²) in [7, 11) is 3.48. The number of rotatable bonds is 3. The summed E-state index contributed by atoms with van der Waals surface area (Å²) in [6.07, 6.45) is 4.04. The number of carbonyl (C=O) groups excluding carboxylic acids is 2. The van der Waals surface area contributed by atoms with Gasteiger partial charge in [-0.15, -0.1) is 0 Å². The maximum absolute atomic E-state index is 12.5. The van der Waals surface area contributed by atoms with Crippen molar-refractivity contribution in [2.24, 2.45) is 29.6 Å². The lowest BCUT2D eigenvalue weighted by Gasteiger charge is -2.11. The van der Waals surface area contributed by atoms with Crippen LogP contribution in [0.5, 0.6) is 0 Å². The molecule has 0 spiro atoms. The van der Waals surface area contributed by atoms with Gasteiger partial charge in [-0.3, -0.25) is 9.59 Å². The van der Waals surface area contributed by atoms with Crippen LogP contribution in [-0.2, 0) is 4.79 Å². The first-order valence-corrected chi connectivity index (χ1v) is 9.16. The van der Waals surface area contributed by atoms with Crippen LogP contribution in [-0.4, -0.2) is 30.1 Å². The van der Waals surface area contributed by atoms with E-state index >= 15 is 0 Å². The number of nitrogens with zero attached hydrogens (tertiary/aromatic N) is 1. The quantitative estimate of drug-likeness (QED) is 0.860. The normalized spacial score (nSPS) is 33.2. The van der Waals surface area contributed by atoms with Gasteiger partial charge in [-0.25, -0.2) is 0 Å². The molecule has 4 nitrogen and oxygen atoms in total. The van der Waals surface area contributed by atoms with Gasteiger partial charge in [-0.05, 0) is 79.0 Å². The number of hydrogen-bond donors (Lipinski definition) is 1. The molecule has 4 rings (SSSR count). The summed E-state index contributed by atoms with van der Waals surface area (Å²) >= 11 is 1.19. The lowest BCUT2D eigenvalue weighted by atomic mass is 10.0. The van der Waals surface area contributed by atoms with Crippen molar-refractivity contribution in [2.45, 2.75) is 24.2 Å². The molecular weight excluding hydrogens is 308 g/mol. The molecule has 3 aliphatic carbocycles. The molecule has 23 heavy (non-hydrogen) atoms. The van der Waals surface area contributed by atoms with Gasteiger partial charge < -0.3 is 10.2 Å². The zero-order valence-corrected chi connectivity index (χ0v) is 14.3. The highest BCUT2D eigenvalue weighted by Gasteiger charge is 2.67. The van der Waals surface area contributed by atoms with Crippen LogP contribution in [0.25, 0.3) is 0 Å². The molecule has 1 aromatic carbocycles. The number of benzene rings is 1. The fourth-order valence-electron chi connectivity index (χ4n) is 4.70. The van der Waals surface area contributed by atoms with E-state index in [1.54, 1.807) is 19.0 Å². The zero-order valence-electron chi connectivity index (χ0n) is 13.5. The lowest BCUT2D eigenvalue weighted by Crippen LogP contribution is -2.18. The Morgan fingerprint density at radius 2 is 1.70 bits per heavy atom. The molecule has 3 fully saturated rings. The largest absolute Gasteiger partial charge is 0.339 e. The second kappa shape index (κ2) is 5.55. The molecule has 122 valence electrons. The summed E-state index contributed by atoms with van der Waals surface area (Å²) in [5.41, 5.74) is 0.828. The molecule has 3 aliphatic rings. The molecule has 1 unspecified atom stereocenters. The Hall–Kier alpha value is -1.49. The van der Waals surface area contributed by atoms with Gasteiger partial charge in [0, 0.05) is 30.6 Å². The van der Waals surface area contributed by atoms with Crippen LogP contribution in [0.1, 0.15) is 19.3 Å². The smallest absolute Gasteiger partial charge is 0.285 e. The van der Waals surface area contributed by atoms with E-state index in [1.807, 2.05) is 24.3 Å². The Bertz CT molecular complexity index is 627. The number of anilines is 1. The van der Waals surface area contributed by atoms with Crippen LogP contribution in [0.3, 0.4) is 0 Å². The highest BCUT2D eigenvalue weighted by molar-refractivity contribution is 8.13. The van der Waals surface area contributed by atoms with Crippen molar-refractivity contribution in [1.82, 2.24) is 4.90 Å². The van der Waals surface area contributed by atoms with E-state index < -0.39 is 0 Å². The van der Waals surface area contributed by atoms with Crippen molar-refractivity contribution < 1.29 is 9.59 Å². The minimum absolute atomic E-state index is 0.00284. The highest BCUT2D eigenvalue weighted by atomic mass is 32.2. The van der Waals surface area contributed by atoms with Gasteiger partial charge in [0.25, 0.3) is 5.24 Å². The Labute approximate surface area is 141 Å². The van der Waals surface area contributed by atoms with E-state index in [-0.39, 0.29) is 17.1 Å². The number of amides is 2.